The first-order valence-corrected chi connectivity index (χ1v) is 14.1. The number of benzene rings is 1. The number of Topliss-reactive ketones (excluding diaryl/α,β-unsaturated/α-hetero) is 1. The van der Waals surface area contributed by atoms with Crippen molar-refractivity contribution < 1.29 is 9.59 Å². The molecule has 1 amide bonds. The van der Waals surface area contributed by atoms with Gasteiger partial charge in [-0.25, -0.2) is 4.98 Å². The van der Waals surface area contributed by atoms with Crippen LogP contribution in [0.4, 0.5) is 5.82 Å². The summed E-state index contributed by atoms with van der Waals surface area (Å²) in [7, 11) is 0. The Labute approximate surface area is 232 Å². The van der Waals surface area contributed by atoms with Gasteiger partial charge in [-0.1, -0.05) is 44.2 Å². The topological polar surface area (TPSA) is 91.0 Å². The van der Waals surface area contributed by atoms with E-state index in [4.69, 9.17) is 0 Å². The van der Waals surface area contributed by atoms with Gasteiger partial charge in [0.1, 0.15) is 11.6 Å². The van der Waals surface area contributed by atoms with E-state index in [1.807, 2.05) is 37.3 Å². The van der Waals surface area contributed by atoms with Crippen LogP contribution in [0.3, 0.4) is 0 Å². The number of pyridine rings is 1. The Morgan fingerprint density at radius 3 is 2.46 bits per heavy atom. The summed E-state index contributed by atoms with van der Waals surface area (Å²) >= 11 is 0. The zero-order valence-electron chi connectivity index (χ0n) is 23.6. The fourth-order valence-electron chi connectivity index (χ4n) is 5.11. The highest BCUT2D eigenvalue weighted by atomic mass is 16.1. The molecule has 5 rings (SSSR count). The summed E-state index contributed by atoms with van der Waals surface area (Å²) in [5.41, 5.74) is 5.42. The first-order chi connectivity index (χ1) is 18.8. The molecule has 0 radical (unpaired) electrons. The third-order valence-electron chi connectivity index (χ3n) is 7.25. The average Bonchev–Trinajstić information content (AvgIpc) is 3.45. The van der Waals surface area contributed by atoms with Crippen LogP contribution in [0.2, 0.25) is 0 Å². The molecular formula is C32H41N5O2. The van der Waals surface area contributed by atoms with E-state index in [0.717, 1.165) is 42.2 Å². The lowest BCUT2D eigenvalue weighted by atomic mass is 9.84. The Morgan fingerprint density at radius 2 is 1.87 bits per heavy atom. The van der Waals surface area contributed by atoms with Crippen LogP contribution in [0.25, 0.3) is 11.1 Å². The molecule has 3 aromatic rings. The lowest BCUT2D eigenvalue weighted by Crippen LogP contribution is -2.19. The minimum absolute atomic E-state index is 0.108. The van der Waals surface area contributed by atoms with Crippen molar-refractivity contribution in [2.24, 2.45) is 5.92 Å². The van der Waals surface area contributed by atoms with Crippen LogP contribution < -0.4 is 5.32 Å². The molecule has 2 aliphatic rings. The average molecular weight is 528 g/mol. The molecule has 2 aromatic heterocycles. The molecule has 1 aliphatic carbocycles. The van der Waals surface area contributed by atoms with Crippen LogP contribution in [0.15, 0.2) is 60.8 Å². The van der Waals surface area contributed by atoms with Crippen LogP contribution in [0.1, 0.15) is 75.2 Å². The van der Waals surface area contributed by atoms with Crippen molar-refractivity contribution in [3.8, 4) is 11.1 Å². The Hall–Kier alpha value is -3.58. The van der Waals surface area contributed by atoms with Crippen LogP contribution >= 0.6 is 0 Å². The van der Waals surface area contributed by atoms with Crippen LogP contribution in [-0.4, -0.2) is 51.4 Å². The van der Waals surface area contributed by atoms with Crippen molar-refractivity contribution in [2.75, 3.05) is 25.0 Å². The molecule has 1 unspecified atom stereocenters. The molecule has 0 bridgehead atoms. The van der Waals surface area contributed by atoms with Gasteiger partial charge in [-0.05, 0) is 87.9 Å². The number of anilines is 1. The second-order valence-electron chi connectivity index (χ2n) is 11.0. The number of rotatable bonds is 9. The maximum atomic E-state index is 12.1. The molecule has 2 N–H and O–H groups in total. The third-order valence-corrected chi connectivity index (χ3v) is 7.25. The number of aryl methyl sites for hydroxylation is 1. The summed E-state index contributed by atoms with van der Waals surface area (Å²) in [4.78, 5) is 30.9. The Bertz CT molecular complexity index is 1270. The molecule has 1 saturated heterocycles. The Kier molecular flexibility index (Phi) is 9.82. The van der Waals surface area contributed by atoms with Gasteiger partial charge in [0, 0.05) is 41.9 Å². The number of carbonyl (C=O) groups is 2. The second-order valence-corrected chi connectivity index (χ2v) is 11.0. The fraction of sp³-hybridized carbons (Fsp3) is 0.438. The normalized spacial score (nSPS) is 16.2. The minimum atomic E-state index is -0.169. The number of hydrogen-bond acceptors (Lipinski definition) is 5. The molecule has 2 fully saturated rings. The van der Waals surface area contributed by atoms with Crippen molar-refractivity contribution in [1.29, 1.82) is 0 Å². The number of amides is 1. The summed E-state index contributed by atoms with van der Waals surface area (Å²) < 4.78 is 0. The number of aromatic nitrogens is 3. The van der Waals surface area contributed by atoms with E-state index in [2.05, 4.69) is 51.4 Å². The first kappa shape index (κ1) is 28.4. The number of aromatic amines is 1. The quantitative estimate of drug-likeness (QED) is 0.320. The van der Waals surface area contributed by atoms with Gasteiger partial charge in [0.05, 0.1) is 5.69 Å². The van der Waals surface area contributed by atoms with Crippen molar-refractivity contribution >= 4 is 17.5 Å². The standard InChI is InChI=1S/C25H31N3O2.C7H10N2/c1-18(2)25(19(3)29)21-9-6-8-20(16-21)22-11-12-23(26-17-22)27-24(30)10-7-15-28-13-4-5-14-28;1-5-4-7(9-8-5)6-2-3-6/h6-12,16-18,25H,4-5,13-15H2,1-3H3,(H,26,27,30);4,6H,2-3H2,1H3,(H,8,9)/b10-7+;. The summed E-state index contributed by atoms with van der Waals surface area (Å²) in [6.07, 6.45) is 10.4. The monoisotopic (exact) mass is 527 g/mol. The van der Waals surface area contributed by atoms with Gasteiger partial charge >= 0.3 is 0 Å². The van der Waals surface area contributed by atoms with Gasteiger partial charge in [-0.15, -0.1) is 0 Å². The van der Waals surface area contributed by atoms with Crippen molar-refractivity contribution in [3.63, 3.8) is 0 Å². The number of ketones is 1. The van der Waals surface area contributed by atoms with Gasteiger partial charge in [-0.3, -0.25) is 19.6 Å². The number of nitrogens with zero attached hydrogens (tertiary/aromatic N) is 3. The molecule has 206 valence electrons. The lowest BCUT2D eigenvalue weighted by molar-refractivity contribution is -0.119. The Morgan fingerprint density at radius 1 is 1.10 bits per heavy atom. The van der Waals surface area contributed by atoms with E-state index in [0.29, 0.717) is 5.82 Å². The number of carbonyl (C=O) groups excluding carboxylic acids is 2. The summed E-state index contributed by atoms with van der Waals surface area (Å²) in [6, 6.07) is 13.9. The highest BCUT2D eigenvalue weighted by molar-refractivity contribution is 5.98. The van der Waals surface area contributed by atoms with E-state index < -0.39 is 0 Å². The maximum Gasteiger partial charge on any atom is 0.249 e. The maximum absolute atomic E-state index is 12.1. The van der Waals surface area contributed by atoms with Gasteiger partial charge in [-0.2, -0.15) is 5.10 Å². The summed E-state index contributed by atoms with van der Waals surface area (Å²) in [6.45, 7) is 10.9. The SMILES string of the molecule is CC(=O)C(c1cccc(-c2ccc(NC(=O)/C=C/CN3CCCC3)nc2)c1)C(C)C.Cc1cc(C2CC2)n[nH]1. The number of H-pyrrole nitrogens is 1. The predicted octanol–water partition coefficient (Wildman–Crippen LogP) is 6.26. The van der Waals surface area contributed by atoms with E-state index in [-0.39, 0.29) is 23.5 Å². The van der Waals surface area contributed by atoms with Crippen molar-refractivity contribution in [2.45, 2.75) is 65.2 Å². The number of hydrogen-bond donors (Lipinski definition) is 2. The molecule has 7 heteroatoms. The van der Waals surface area contributed by atoms with Gasteiger partial charge in [0.15, 0.2) is 0 Å². The highest BCUT2D eigenvalue weighted by Gasteiger charge is 2.25. The summed E-state index contributed by atoms with van der Waals surface area (Å²) in [5.74, 6) is 1.45. The van der Waals surface area contributed by atoms with Crippen LogP contribution in [0, 0.1) is 12.8 Å². The first-order valence-electron chi connectivity index (χ1n) is 14.1. The highest BCUT2D eigenvalue weighted by Crippen LogP contribution is 2.38. The van der Waals surface area contributed by atoms with Crippen molar-refractivity contribution in [3.05, 3.63) is 77.8 Å². The molecule has 1 aromatic carbocycles. The lowest BCUT2D eigenvalue weighted by Gasteiger charge is -2.19. The molecular weight excluding hydrogens is 486 g/mol. The fourth-order valence-corrected chi connectivity index (χ4v) is 5.11. The molecule has 39 heavy (non-hydrogen) atoms. The van der Waals surface area contributed by atoms with E-state index >= 15 is 0 Å². The van der Waals surface area contributed by atoms with Gasteiger partial charge in [0.2, 0.25) is 5.91 Å². The number of likely N-dealkylation sites (tertiary alicyclic amines) is 1. The zero-order chi connectivity index (χ0) is 27.8. The third kappa shape index (κ3) is 8.45. The Balaban J connectivity index is 0.000000327. The largest absolute Gasteiger partial charge is 0.307 e. The second kappa shape index (κ2) is 13.5. The molecule has 1 saturated carbocycles. The van der Waals surface area contributed by atoms with Crippen LogP contribution in [-0.2, 0) is 9.59 Å². The minimum Gasteiger partial charge on any atom is -0.307 e. The smallest absolute Gasteiger partial charge is 0.249 e. The summed E-state index contributed by atoms with van der Waals surface area (Å²) in [5, 5.41) is 9.90. The molecule has 1 atom stereocenters. The van der Waals surface area contributed by atoms with Gasteiger partial charge < -0.3 is 5.32 Å². The molecule has 7 nitrogen and oxygen atoms in total. The molecule has 0 spiro atoms. The van der Waals surface area contributed by atoms with E-state index in [1.54, 1.807) is 25.3 Å². The number of nitrogens with one attached hydrogen (secondary N) is 2. The van der Waals surface area contributed by atoms with E-state index in [9.17, 15) is 9.59 Å². The van der Waals surface area contributed by atoms with E-state index in [1.165, 1.54) is 37.1 Å². The molecule has 1 aliphatic heterocycles. The van der Waals surface area contributed by atoms with Crippen molar-refractivity contribution in [1.82, 2.24) is 20.1 Å². The zero-order valence-corrected chi connectivity index (χ0v) is 23.6. The van der Waals surface area contributed by atoms with Gasteiger partial charge in [0.25, 0.3) is 0 Å². The predicted molar refractivity (Wildman–Crippen MR) is 157 cm³/mol. The van der Waals surface area contributed by atoms with Crippen LogP contribution in [0.5, 0.6) is 0 Å². The molecule has 3 heterocycles.